The van der Waals surface area contributed by atoms with Gasteiger partial charge in [-0.3, -0.25) is 24.2 Å². The Morgan fingerprint density at radius 1 is 1.16 bits per heavy atom. The Labute approximate surface area is 182 Å². The summed E-state index contributed by atoms with van der Waals surface area (Å²) in [7, 11) is 3.46. The van der Waals surface area contributed by atoms with E-state index in [2.05, 4.69) is 10.3 Å². The molecule has 9 nitrogen and oxygen atoms in total. The Morgan fingerprint density at radius 2 is 1.84 bits per heavy atom. The Bertz CT molecular complexity index is 960. The fraction of sp³-hybridized carbons (Fsp3) is 0.500. The summed E-state index contributed by atoms with van der Waals surface area (Å²) in [6, 6.07) is 4.66. The second-order valence-corrected chi connectivity index (χ2v) is 8.49. The van der Waals surface area contributed by atoms with Crippen molar-refractivity contribution >= 4 is 34.4 Å². The summed E-state index contributed by atoms with van der Waals surface area (Å²) in [5.41, 5.74) is 2.13. The average molecular weight is 430 g/mol. The van der Waals surface area contributed by atoms with E-state index < -0.39 is 12.0 Å². The Kier molecular flexibility index (Phi) is 6.97. The normalized spacial score (nSPS) is 16.4. The first-order valence-electron chi connectivity index (χ1n) is 10.5. The zero-order chi connectivity index (χ0) is 22.7. The molecule has 0 unspecified atom stereocenters. The molecule has 3 N–H and O–H groups in total. The molecule has 2 heterocycles. The molecule has 2 aromatic rings. The molecule has 31 heavy (non-hydrogen) atoms. The first-order chi connectivity index (χ1) is 14.7. The molecule has 0 spiro atoms. The first kappa shape index (κ1) is 22.8. The predicted molar refractivity (Wildman–Crippen MR) is 119 cm³/mol. The molecule has 1 aliphatic rings. The quantitative estimate of drug-likeness (QED) is 0.617. The van der Waals surface area contributed by atoms with Crippen LogP contribution in [-0.4, -0.2) is 89.4 Å². The van der Waals surface area contributed by atoms with Gasteiger partial charge < -0.3 is 20.3 Å². The van der Waals surface area contributed by atoms with Crippen LogP contribution in [0.5, 0.6) is 0 Å². The molecule has 1 atom stereocenters. The van der Waals surface area contributed by atoms with E-state index in [4.69, 9.17) is 0 Å². The number of carbonyl (C=O) groups is 3. The van der Waals surface area contributed by atoms with Gasteiger partial charge in [0.15, 0.2) is 0 Å². The SMILES string of the molecule is CC(C)C(=O)Nc1ccc2[nH]cc([C@H](C(=O)O)N3CCN(CC(=O)N(C)C)CC3)c2c1. The summed E-state index contributed by atoms with van der Waals surface area (Å²) < 4.78 is 0. The number of aromatic nitrogens is 1. The maximum atomic E-state index is 12.2. The first-order valence-corrected chi connectivity index (χ1v) is 10.5. The maximum absolute atomic E-state index is 12.2. The maximum Gasteiger partial charge on any atom is 0.325 e. The third kappa shape index (κ3) is 5.23. The molecule has 2 amide bonds. The lowest BCUT2D eigenvalue weighted by Crippen LogP contribution is -2.51. The minimum absolute atomic E-state index is 0.0378. The number of H-pyrrole nitrogens is 1. The molecule has 9 heteroatoms. The van der Waals surface area contributed by atoms with Crippen LogP contribution in [0.2, 0.25) is 0 Å². The fourth-order valence-electron chi connectivity index (χ4n) is 3.73. The van der Waals surface area contributed by atoms with E-state index in [9.17, 15) is 19.5 Å². The van der Waals surface area contributed by atoms with Crippen molar-refractivity contribution in [3.05, 3.63) is 30.0 Å². The van der Waals surface area contributed by atoms with Gasteiger partial charge in [0.05, 0.1) is 6.54 Å². The van der Waals surface area contributed by atoms with Crippen molar-refractivity contribution in [2.45, 2.75) is 19.9 Å². The Hall–Kier alpha value is -2.91. The number of anilines is 1. The van der Waals surface area contributed by atoms with Crippen LogP contribution in [0.15, 0.2) is 24.4 Å². The smallest absolute Gasteiger partial charge is 0.325 e. The number of carboxylic acid groups (broad SMARTS) is 1. The number of hydrogen-bond acceptors (Lipinski definition) is 5. The van der Waals surface area contributed by atoms with Gasteiger partial charge in [0.25, 0.3) is 0 Å². The number of aliphatic carboxylic acids is 1. The highest BCUT2D eigenvalue weighted by Gasteiger charge is 2.32. The highest BCUT2D eigenvalue weighted by atomic mass is 16.4. The van der Waals surface area contributed by atoms with Crippen molar-refractivity contribution in [1.29, 1.82) is 0 Å². The summed E-state index contributed by atoms with van der Waals surface area (Å²) in [6.07, 6.45) is 1.74. The van der Waals surface area contributed by atoms with Gasteiger partial charge in [0, 0.05) is 74.5 Å². The molecule has 1 aromatic heterocycles. The lowest BCUT2D eigenvalue weighted by molar-refractivity contribution is -0.145. The van der Waals surface area contributed by atoms with Gasteiger partial charge in [-0.2, -0.15) is 0 Å². The summed E-state index contributed by atoms with van der Waals surface area (Å²) in [4.78, 5) is 45.0. The van der Waals surface area contributed by atoms with Gasteiger partial charge in [-0.25, -0.2) is 0 Å². The van der Waals surface area contributed by atoms with Gasteiger partial charge >= 0.3 is 5.97 Å². The molecule has 168 valence electrons. The standard InChI is InChI=1S/C22H31N5O4/c1-14(2)21(29)24-15-5-6-18-16(11-15)17(12-23-18)20(22(30)31)27-9-7-26(8-10-27)13-19(28)25(3)4/h5-6,11-12,14,20,23H,7-10,13H2,1-4H3,(H,24,29)(H,30,31)/t20-/m1/s1. The number of nitrogens with zero attached hydrogens (tertiary/aromatic N) is 3. The largest absolute Gasteiger partial charge is 0.480 e. The Balaban J connectivity index is 1.79. The average Bonchev–Trinajstić information content (AvgIpc) is 3.12. The number of fused-ring (bicyclic) bond motifs is 1. The van der Waals surface area contributed by atoms with Gasteiger partial charge in [-0.1, -0.05) is 13.8 Å². The Morgan fingerprint density at radius 3 is 2.42 bits per heavy atom. The van der Waals surface area contributed by atoms with Crippen LogP contribution in [0.25, 0.3) is 10.9 Å². The zero-order valence-corrected chi connectivity index (χ0v) is 18.5. The van der Waals surface area contributed by atoms with Crippen LogP contribution < -0.4 is 5.32 Å². The number of likely N-dealkylation sites (N-methyl/N-ethyl adjacent to an activating group) is 1. The van der Waals surface area contributed by atoms with Gasteiger partial charge in [0.1, 0.15) is 6.04 Å². The second-order valence-electron chi connectivity index (χ2n) is 8.49. The summed E-state index contributed by atoms with van der Waals surface area (Å²) in [5, 5.41) is 13.7. The molecule has 1 saturated heterocycles. The third-order valence-electron chi connectivity index (χ3n) is 5.66. The molecule has 0 saturated carbocycles. The van der Waals surface area contributed by atoms with E-state index in [-0.39, 0.29) is 17.7 Å². The summed E-state index contributed by atoms with van der Waals surface area (Å²) in [5.74, 6) is -1.12. The molecular weight excluding hydrogens is 398 g/mol. The van der Waals surface area contributed by atoms with E-state index >= 15 is 0 Å². The fourth-order valence-corrected chi connectivity index (χ4v) is 3.73. The topological polar surface area (TPSA) is 109 Å². The van der Waals surface area contributed by atoms with Crippen molar-refractivity contribution in [3.8, 4) is 0 Å². The summed E-state index contributed by atoms with van der Waals surface area (Å²) >= 11 is 0. The summed E-state index contributed by atoms with van der Waals surface area (Å²) in [6.45, 7) is 6.33. The van der Waals surface area contributed by atoms with E-state index in [1.165, 1.54) is 0 Å². The van der Waals surface area contributed by atoms with E-state index in [1.807, 2.05) is 35.8 Å². The van der Waals surface area contributed by atoms with Crippen LogP contribution in [0.1, 0.15) is 25.5 Å². The molecule has 0 radical (unpaired) electrons. The number of carbonyl (C=O) groups excluding carboxylic acids is 2. The molecule has 1 aromatic carbocycles. The molecular formula is C22H31N5O4. The van der Waals surface area contributed by atoms with E-state index in [1.54, 1.807) is 31.3 Å². The van der Waals surface area contributed by atoms with Crippen molar-refractivity contribution in [1.82, 2.24) is 19.7 Å². The van der Waals surface area contributed by atoms with Gasteiger partial charge in [-0.05, 0) is 18.2 Å². The number of amides is 2. The lowest BCUT2D eigenvalue weighted by Gasteiger charge is -2.37. The zero-order valence-electron chi connectivity index (χ0n) is 18.5. The van der Waals surface area contributed by atoms with Crippen LogP contribution in [0.4, 0.5) is 5.69 Å². The van der Waals surface area contributed by atoms with Crippen LogP contribution >= 0.6 is 0 Å². The second kappa shape index (κ2) is 9.49. The predicted octanol–water partition coefficient (Wildman–Crippen LogP) is 1.59. The third-order valence-corrected chi connectivity index (χ3v) is 5.66. The number of rotatable bonds is 7. The van der Waals surface area contributed by atoms with Crippen LogP contribution in [-0.2, 0) is 14.4 Å². The van der Waals surface area contributed by atoms with Crippen LogP contribution in [0.3, 0.4) is 0 Å². The minimum atomic E-state index is -0.921. The molecule has 3 rings (SSSR count). The highest BCUT2D eigenvalue weighted by Crippen LogP contribution is 2.31. The van der Waals surface area contributed by atoms with Gasteiger partial charge in [0.2, 0.25) is 11.8 Å². The molecule has 0 bridgehead atoms. The van der Waals surface area contributed by atoms with Crippen molar-refractivity contribution < 1.29 is 19.5 Å². The van der Waals surface area contributed by atoms with Crippen molar-refractivity contribution in [2.75, 3.05) is 52.1 Å². The molecule has 1 fully saturated rings. The number of piperazine rings is 1. The van der Waals surface area contributed by atoms with Gasteiger partial charge in [-0.15, -0.1) is 0 Å². The van der Waals surface area contributed by atoms with Crippen LogP contribution in [0, 0.1) is 5.92 Å². The molecule has 1 aliphatic heterocycles. The number of hydrogen-bond donors (Lipinski definition) is 3. The lowest BCUT2D eigenvalue weighted by atomic mass is 10.0. The number of benzene rings is 1. The molecule has 0 aliphatic carbocycles. The monoisotopic (exact) mass is 429 g/mol. The van der Waals surface area contributed by atoms with E-state index in [0.717, 1.165) is 10.9 Å². The van der Waals surface area contributed by atoms with E-state index in [0.29, 0.717) is 44.0 Å². The number of nitrogens with one attached hydrogen (secondary N) is 2. The number of carboxylic acids is 1. The van der Waals surface area contributed by atoms with Crippen molar-refractivity contribution in [2.24, 2.45) is 5.92 Å². The minimum Gasteiger partial charge on any atom is -0.480 e. The highest BCUT2D eigenvalue weighted by molar-refractivity contribution is 5.96. The number of aromatic amines is 1. The van der Waals surface area contributed by atoms with Crippen molar-refractivity contribution in [3.63, 3.8) is 0 Å².